The van der Waals surface area contributed by atoms with E-state index in [2.05, 4.69) is 0 Å². The summed E-state index contributed by atoms with van der Waals surface area (Å²) < 4.78 is 32.9. The van der Waals surface area contributed by atoms with E-state index in [1.165, 1.54) is 12.1 Å². The second-order valence-corrected chi connectivity index (χ2v) is 5.89. The Bertz CT molecular complexity index is 521. The highest BCUT2D eigenvalue weighted by atomic mass is 19.2. The van der Waals surface area contributed by atoms with E-state index in [4.69, 9.17) is 4.74 Å². The van der Waals surface area contributed by atoms with Crippen LogP contribution in [0.15, 0.2) is 18.2 Å². The quantitative estimate of drug-likeness (QED) is 0.768. The Balaban J connectivity index is 1.81. The predicted molar refractivity (Wildman–Crippen MR) is 70.6 cm³/mol. The van der Waals surface area contributed by atoms with Crippen molar-refractivity contribution in [3.8, 4) is 0 Å². The molecule has 4 heteroatoms. The molecule has 1 aliphatic heterocycles. The Morgan fingerprint density at radius 2 is 2.00 bits per heavy atom. The van der Waals surface area contributed by atoms with Gasteiger partial charge in [0, 0.05) is 12.5 Å². The van der Waals surface area contributed by atoms with Crippen molar-refractivity contribution in [2.24, 2.45) is 5.92 Å². The van der Waals surface area contributed by atoms with Gasteiger partial charge in [-0.2, -0.15) is 0 Å². The van der Waals surface area contributed by atoms with Crippen LogP contribution in [-0.4, -0.2) is 18.0 Å². The number of ketones is 1. The molecule has 1 unspecified atom stereocenters. The third-order valence-corrected chi connectivity index (χ3v) is 4.60. The number of carbonyl (C=O) groups is 1. The Kier molecular flexibility index (Phi) is 3.59. The predicted octanol–water partition coefficient (Wildman–Crippen LogP) is 3.89. The molecule has 2 nitrogen and oxygen atoms in total. The first-order valence-corrected chi connectivity index (χ1v) is 7.23. The average molecular weight is 280 g/mol. The summed E-state index contributed by atoms with van der Waals surface area (Å²) in [6.45, 7) is 0.535. The van der Waals surface area contributed by atoms with Gasteiger partial charge in [-0.1, -0.05) is 18.9 Å². The second-order valence-electron chi connectivity index (χ2n) is 5.89. The first-order chi connectivity index (χ1) is 9.61. The van der Waals surface area contributed by atoms with Crippen molar-refractivity contribution >= 4 is 5.78 Å². The first kappa shape index (κ1) is 13.7. The van der Waals surface area contributed by atoms with E-state index in [9.17, 15) is 13.6 Å². The highest BCUT2D eigenvalue weighted by Gasteiger charge is 2.42. The molecule has 3 rings (SSSR count). The molecule has 1 atom stereocenters. The van der Waals surface area contributed by atoms with Gasteiger partial charge in [0.2, 0.25) is 0 Å². The SMILES string of the molecule is O=C(c1cccc(F)c1F)C1CCOC2(CCCC2)C1. The maximum atomic E-state index is 13.7. The molecule has 1 saturated carbocycles. The molecule has 1 aliphatic carbocycles. The number of rotatable bonds is 2. The van der Waals surface area contributed by atoms with Crippen LogP contribution >= 0.6 is 0 Å². The highest BCUT2D eigenvalue weighted by Crippen LogP contribution is 2.42. The summed E-state index contributed by atoms with van der Waals surface area (Å²) >= 11 is 0. The summed E-state index contributed by atoms with van der Waals surface area (Å²) in [4.78, 5) is 12.5. The summed E-state index contributed by atoms with van der Waals surface area (Å²) in [6.07, 6.45) is 5.42. The van der Waals surface area contributed by atoms with Gasteiger partial charge < -0.3 is 4.74 Å². The van der Waals surface area contributed by atoms with Crippen molar-refractivity contribution in [1.82, 2.24) is 0 Å². The van der Waals surface area contributed by atoms with Crippen LogP contribution in [0.2, 0.25) is 0 Å². The molecule has 0 N–H and O–H groups in total. The zero-order valence-corrected chi connectivity index (χ0v) is 11.3. The molecule has 0 radical (unpaired) electrons. The van der Waals surface area contributed by atoms with Gasteiger partial charge in [0.1, 0.15) is 0 Å². The molecule has 1 spiro atoms. The molecule has 108 valence electrons. The summed E-state index contributed by atoms with van der Waals surface area (Å²) in [5.74, 6) is -2.52. The third-order valence-electron chi connectivity index (χ3n) is 4.60. The molecule has 1 heterocycles. The van der Waals surface area contributed by atoms with Crippen molar-refractivity contribution in [2.45, 2.75) is 44.1 Å². The van der Waals surface area contributed by atoms with E-state index in [1.54, 1.807) is 0 Å². The Hall–Kier alpha value is -1.29. The van der Waals surface area contributed by atoms with E-state index in [1.807, 2.05) is 0 Å². The van der Waals surface area contributed by atoms with Crippen LogP contribution in [0.4, 0.5) is 8.78 Å². The van der Waals surface area contributed by atoms with Crippen LogP contribution in [-0.2, 0) is 4.74 Å². The number of halogens is 2. The van der Waals surface area contributed by atoms with Gasteiger partial charge in [-0.05, 0) is 37.8 Å². The molecule has 2 aliphatic rings. The van der Waals surface area contributed by atoms with Crippen LogP contribution in [0.25, 0.3) is 0 Å². The maximum Gasteiger partial charge on any atom is 0.169 e. The minimum absolute atomic E-state index is 0.120. The van der Waals surface area contributed by atoms with Gasteiger partial charge >= 0.3 is 0 Å². The van der Waals surface area contributed by atoms with E-state index in [0.717, 1.165) is 31.7 Å². The molecule has 1 aromatic rings. The van der Waals surface area contributed by atoms with E-state index >= 15 is 0 Å². The normalized spacial score (nSPS) is 25.0. The molecule has 0 amide bonds. The lowest BCUT2D eigenvalue weighted by molar-refractivity contribution is -0.0866. The number of hydrogen-bond donors (Lipinski definition) is 0. The summed E-state index contributed by atoms with van der Waals surface area (Å²) in [5.41, 5.74) is -0.312. The van der Waals surface area contributed by atoms with Gasteiger partial charge in [-0.3, -0.25) is 4.79 Å². The Morgan fingerprint density at radius 3 is 2.75 bits per heavy atom. The fourth-order valence-corrected chi connectivity index (χ4v) is 3.53. The summed E-state index contributed by atoms with van der Waals surface area (Å²) in [5, 5.41) is 0. The Labute approximate surface area is 117 Å². The van der Waals surface area contributed by atoms with Gasteiger partial charge in [0.15, 0.2) is 17.4 Å². The van der Waals surface area contributed by atoms with Crippen LogP contribution in [0.1, 0.15) is 48.9 Å². The lowest BCUT2D eigenvalue weighted by atomic mass is 9.80. The van der Waals surface area contributed by atoms with Crippen LogP contribution in [0.3, 0.4) is 0 Å². The fourth-order valence-electron chi connectivity index (χ4n) is 3.53. The molecule has 20 heavy (non-hydrogen) atoms. The maximum absolute atomic E-state index is 13.7. The highest BCUT2D eigenvalue weighted by molar-refractivity contribution is 5.98. The number of hydrogen-bond acceptors (Lipinski definition) is 2. The topological polar surface area (TPSA) is 26.3 Å². The number of carbonyl (C=O) groups excluding carboxylic acids is 1. The van der Waals surface area contributed by atoms with E-state index in [0.29, 0.717) is 19.4 Å². The monoisotopic (exact) mass is 280 g/mol. The molecule has 1 aromatic carbocycles. The van der Waals surface area contributed by atoms with Crippen LogP contribution in [0.5, 0.6) is 0 Å². The average Bonchev–Trinajstić information content (AvgIpc) is 2.89. The van der Waals surface area contributed by atoms with Crippen molar-refractivity contribution in [3.63, 3.8) is 0 Å². The largest absolute Gasteiger partial charge is 0.375 e. The molecule has 1 saturated heterocycles. The van der Waals surface area contributed by atoms with E-state index < -0.39 is 11.6 Å². The first-order valence-electron chi connectivity index (χ1n) is 7.23. The molecule has 2 fully saturated rings. The third kappa shape index (κ3) is 2.37. The minimum atomic E-state index is -1.02. The lowest BCUT2D eigenvalue weighted by Crippen LogP contribution is -2.40. The smallest absolute Gasteiger partial charge is 0.169 e. The van der Waals surface area contributed by atoms with E-state index in [-0.39, 0.29) is 22.9 Å². The lowest BCUT2D eigenvalue weighted by Gasteiger charge is -2.37. The number of benzene rings is 1. The molecule has 0 aromatic heterocycles. The van der Waals surface area contributed by atoms with Gasteiger partial charge in [0.05, 0.1) is 11.2 Å². The number of ether oxygens (including phenoxy) is 1. The molecular formula is C16H18F2O2. The molecular weight excluding hydrogens is 262 g/mol. The van der Waals surface area contributed by atoms with Gasteiger partial charge in [-0.25, -0.2) is 8.78 Å². The number of Topliss-reactive ketones (excluding diaryl/α,β-unsaturated/α-hetero) is 1. The summed E-state index contributed by atoms with van der Waals surface area (Å²) in [6, 6.07) is 3.79. The minimum Gasteiger partial charge on any atom is -0.375 e. The van der Waals surface area contributed by atoms with Crippen LogP contribution < -0.4 is 0 Å². The van der Waals surface area contributed by atoms with Crippen molar-refractivity contribution in [3.05, 3.63) is 35.4 Å². The standard InChI is InChI=1S/C16H18F2O2/c17-13-5-3-4-12(14(13)18)15(19)11-6-9-20-16(10-11)7-1-2-8-16/h3-5,11H,1-2,6-10H2. The van der Waals surface area contributed by atoms with Gasteiger partial charge in [-0.15, -0.1) is 0 Å². The fraction of sp³-hybridized carbons (Fsp3) is 0.562. The van der Waals surface area contributed by atoms with Crippen LogP contribution in [0, 0.1) is 17.6 Å². The zero-order valence-electron chi connectivity index (χ0n) is 11.3. The Morgan fingerprint density at radius 1 is 1.25 bits per heavy atom. The van der Waals surface area contributed by atoms with Crippen molar-refractivity contribution in [2.75, 3.05) is 6.61 Å². The molecule has 0 bridgehead atoms. The zero-order chi connectivity index (χ0) is 14.2. The van der Waals surface area contributed by atoms with Gasteiger partial charge in [0.25, 0.3) is 0 Å². The second kappa shape index (κ2) is 5.24. The summed E-state index contributed by atoms with van der Waals surface area (Å²) in [7, 11) is 0. The van der Waals surface area contributed by atoms with Crippen molar-refractivity contribution in [1.29, 1.82) is 0 Å². The van der Waals surface area contributed by atoms with Crippen molar-refractivity contribution < 1.29 is 18.3 Å².